The normalized spacial score (nSPS) is 9.74. The molecule has 0 atom stereocenters. The van der Waals surface area contributed by atoms with Crippen LogP contribution in [0.4, 0.5) is 0 Å². The van der Waals surface area contributed by atoms with Crippen LogP contribution in [0, 0.1) is 11.8 Å². The minimum absolute atomic E-state index is 0.123. The zero-order valence-electron chi connectivity index (χ0n) is 10.0. The molecule has 0 radical (unpaired) electrons. The van der Waals surface area contributed by atoms with Crippen molar-refractivity contribution >= 4 is 17.2 Å². The maximum atomic E-state index is 11.6. The van der Waals surface area contributed by atoms with Gasteiger partial charge in [-0.15, -0.1) is 16.4 Å². The number of aliphatic hydroxyl groups is 1. The van der Waals surface area contributed by atoms with Crippen LogP contribution in [0.25, 0.3) is 0 Å². The maximum Gasteiger partial charge on any atom is 0.242 e. The molecule has 0 aliphatic carbocycles. The summed E-state index contributed by atoms with van der Waals surface area (Å²) >= 11 is 1.52. The Balaban J connectivity index is 1.81. The number of hydrogen-bond donors (Lipinski definition) is 2. The van der Waals surface area contributed by atoms with Crippen molar-refractivity contribution in [1.82, 2.24) is 20.3 Å². The monoisotopic (exact) mass is 276 g/mol. The van der Waals surface area contributed by atoms with Crippen molar-refractivity contribution in [2.45, 2.75) is 13.1 Å². The van der Waals surface area contributed by atoms with Gasteiger partial charge in [0.25, 0.3) is 0 Å². The lowest BCUT2D eigenvalue weighted by Gasteiger charge is -2.02. The summed E-state index contributed by atoms with van der Waals surface area (Å²) < 4.78 is 1.46. The van der Waals surface area contributed by atoms with Gasteiger partial charge in [0.2, 0.25) is 5.91 Å². The summed E-state index contributed by atoms with van der Waals surface area (Å²) in [6.07, 6.45) is 3.16. The predicted octanol–water partition coefficient (Wildman–Crippen LogP) is -0.000200. The lowest BCUT2D eigenvalue weighted by atomic mass is 10.3. The molecule has 2 rings (SSSR count). The van der Waals surface area contributed by atoms with E-state index in [1.807, 2.05) is 11.4 Å². The standard InChI is InChI=1S/C12H12N4O2S/c17-5-1-2-10-6-11(19-9-10)7-13-12(18)8-16-4-3-14-15-16/h3-4,6,9,17H,5,7-8H2,(H,13,18). The van der Waals surface area contributed by atoms with Gasteiger partial charge in [-0.05, 0) is 6.07 Å². The highest BCUT2D eigenvalue weighted by atomic mass is 32.1. The molecule has 7 heteroatoms. The first-order valence-corrected chi connectivity index (χ1v) is 6.44. The zero-order valence-corrected chi connectivity index (χ0v) is 10.9. The fraction of sp³-hybridized carbons (Fsp3) is 0.250. The second-order valence-corrected chi connectivity index (χ2v) is 4.63. The van der Waals surface area contributed by atoms with E-state index in [1.54, 1.807) is 6.20 Å². The fourth-order valence-electron chi connectivity index (χ4n) is 1.39. The van der Waals surface area contributed by atoms with Gasteiger partial charge in [0.15, 0.2) is 0 Å². The highest BCUT2D eigenvalue weighted by Gasteiger charge is 2.04. The molecule has 0 unspecified atom stereocenters. The van der Waals surface area contributed by atoms with E-state index in [9.17, 15) is 4.79 Å². The van der Waals surface area contributed by atoms with Crippen molar-refractivity contribution in [2.75, 3.05) is 6.61 Å². The average Bonchev–Trinajstić information content (AvgIpc) is 3.05. The van der Waals surface area contributed by atoms with E-state index in [2.05, 4.69) is 27.5 Å². The quantitative estimate of drug-likeness (QED) is 0.770. The van der Waals surface area contributed by atoms with Crippen molar-refractivity contribution in [3.63, 3.8) is 0 Å². The van der Waals surface area contributed by atoms with Crippen molar-refractivity contribution in [1.29, 1.82) is 0 Å². The van der Waals surface area contributed by atoms with Crippen LogP contribution in [0.1, 0.15) is 10.4 Å². The predicted molar refractivity (Wildman–Crippen MR) is 70.2 cm³/mol. The molecular weight excluding hydrogens is 264 g/mol. The number of rotatable bonds is 4. The van der Waals surface area contributed by atoms with Gasteiger partial charge in [0.05, 0.1) is 12.7 Å². The number of aromatic nitrogens is 3. The Morgan fingerprint density at radius 1 is 1.58 bits per heavy atom. The van der Waals surface area contributed by atoms with E-state index >= 15 is 0 Å². The van der Waals surface area contributed by atoms with Crippen LogP contribution in [0.15, 0.2) is 23.8 Å². The number of thiophene rings is 1. The van der Waals surface area contributed by atoms with Gasteiger partial charge in [0.1, 0.15) is 13.2 Å². The molecular formula is C12H12N4O2S. The molecule has 2 aromatic rings. The largest absolute Gasteiger partial charge is 0.384 e. The molecule has 98 valence electrons. The first-order valence-electron chi connectivity index (χ1n) is 5.56. The summed E-state index contributed by atoms with van der Waals surface area (Å²) in [6, 6.07) is 1.89. The van der Waals surface area contributed by atoms with E-state index in [0.717, 1.165) is 10.4 Å². The smallest absolute Gasteiger partial charge is 0.242 e. The molecule has 0 saturated heterocycles. The van der Waals surface area contributed by atoms with E-state index in [0.29, 0.717) is 6.54 Å². The maximum absolute atomic E-state index is 11.6. The van der Waals surface area contributed by atoms with E-state index < -0.39 is 0 Å². The molecule has 0 spiro atoms. The number of aliphatic hydroxyl groups excluding tert-OH is 1. The summed E-state index contributed by atoms with van der Waals surface area (Å²) in [4.78, 5) is 12.6. The molecule has 0 aliphatic rings. The Morgan fingerprint density at radius 3 is 3.21 bits per heavy atom. The third kappa shape index (κ3) is 4.21. The Hall–Kier alpha value is -2.17. The number of carbonyl (C=O) groups is 1. The molecule has 0 aromatic carbocycles. The summed E-state index contributed by atoms with van der Waals surface area (Å²) in [6.45, 7) is 0.460. The lowest BCUT2D eigenvalue weighted by molar-refractivity contribution is -0.122. The molecule has 2 N–H and O–H groups in total. The molecule has 0 aliphatic heterocycles. The number of carbonyl (C=O) groups excluding carboxylic acids is 1. The van der Waals surface area contributed by atoms with E-state index in [4.69, 9.17) is 5.11 Å². The van der Waals surface area contributed by atoms with Crippen molar-refractivity contribution in [3.8, 4) is 11.8 Å². The zero-order chi connectivity index (χ0) is 13.5. The molecule has 1 amide bonds. The second-order valence-electron chi connectivity index (χ2n) is 3.64. The van der Waals surface area contributed by atoms with Crippen LogP contribution in [0.5, 0.6) is 0 Å². The Morgan fingerprint density at radius 2 is 2.47 bits per heavy atom. The van der Waals surface area contributed by atoms with Gasteiger partial charge >= 0.3 is 0 Å². The molecule has 6 nitrogen and oxygen atoms in total. The molecule has 19 heavy (non-hydrogen) atoms. The van der Waals surface area contributed by atoms with E-state index in [1.165, 1.54) is 22.2 Å². The lowest BCUT2D eigenvalue weighted by Crippen LogP contribution is -2.27. The first-order chi connectivity index (χ1) is 9.28. The summed E-state index contributed by atoms with van der Waals surface area (Å²) in [5, 5.41) is 20.6. The molecule has 0 bridgehead atoms. The van der Waals surface area contributed by atoms with Crippen molar-refractivity contribution < 1.29 is 9.90 Å². The van der Waals surface area contributed by atoms with Crippen LogP contribution < -0.4 is 5.32 Å². The van der Waals surface area contributed by atoms with Gasteiger partial charge in [-0.1, -0.05) is 17.1 Å². The molecule has 2 aromatic heterocycles. The first kappa shape index (κ1) is 13.3. The van der Waals surface area contributed by atoms with Gasteiger partial charge in [-0.25, -0.2) is 4.68 Å². The fourth-order valence-corrected chi connectivity index (χ4v) is 2.14. The van der Waals surface area contributed by atoms with Gasteiger partial charge in [-0.3, -0.25) is 4.79 Å². The average molecular weight is 276 g/mol. The summed E-state index contributed by atoms with van der Waals surface area (Å²) in [5.74, 6) is 5.27. The summed E-state index contributed by atoms with van der Waals surface area (Å²) in [7, 11) is 0. The number of amides is 1. The second kappa shape index (κ2) is 6.68. The number of nitrogens with one attached hydrogen (secondary N) is 1. The van der Waals surface area contributed by atoms with Gasteiger partial charge in [-0.2, -0.15) is 0 Å². The van der Waals surface area contributed by atoms with Gasteiger partial charge in [0, 0.05) is 22.0 Å². The van der Waals surface area contributed by atoms with Crippen LogP contribution in [0.2, 0.25) is 0 Å². The third-order valence-corrected chi connectivity index (χ3v) is 3.14. The Bertz CT molecular complexity index is 595. The van der Waals surface area contributed by atoms with Crippen LogP contribution in [-0.2, 0) is 17.9 Å². The molecule has 0 fully saturated rings. The highest BCUT2D eigenvalue weighted by molar-refractivity contribution is 7.10. The highest BCUT2D eigenvalue weighted by Crippen LogP contribution is 2.13. The number of hydrogen-bond acceptors (Lipinski definition) is 5. The van der Waals surface area contributed by atoms with Crippen LogP contribution in [-0.4, -0.2) is 32.6 Å². The molecule has 0 saturated carbocycles. The molecule has 2 heterocycles. The minimum atomic E-state index is -0.153. The SMILES string of the molecule is O=C(Cn1ccnn1)NCc1cc(C#CCO)cs1. The van der Waals surface area contributed by atoms with Crippen molar-refractivity contribution in [2.24, 2.45) is 0 Å². The third-order valence-electron chi connectivity index (χ3n) is 2.20. The van der Waals surface area contributed by atoms with Crippen LogP contribution in [0.3, 0.4) is 0 Å². The van der Waals surface area contributed by atoms with Crippen molar-refractivity contribution in [3.05, 3.63) is 34.3 Å². The number of nitrogens with zero attached hydrogens (tertiary/aromatic N) is 3. The summed E-state index contributed by atoms with van der Waals surface area (Å²) in [5.41, 5.74) is 0.847. The minimum Gasteiger partial charge on any atom is -0.384 e. The Labute approximate surface area is 114 Å². The Kier molecular flexibility index (Phi) is 4.66. The van der Waals surface area contributed by atoms with Gasteiger partial charge < -0.3 is 10.4 Å². The van der Waals surface area contributed by atoms with Crippen LogP contribution >= 0.6 is 11.3 Å². The topological polar surface area (TPSA) is 80.0 Å². The van der Waals surface area contributed by atoms with E-state index in [-0.39, 0.29) is 19.1 Å².